The van der Waals surface area contributed by atoms with Crippen LogP contribution in [0.4, 0.5) is 4.79 Å². The lowest BCUT2D eigenvalue weighted by atomic mass is 10.2. The molecule has 0 aromatic carbocycles. The molecule has 0 unspecified atom stereocenters. The quantitative estimate of drug-likeness (QED) is 0.750. The van der Waals surface area contributed by atoms with E-state index in [1.165, 1.54) is 0 Å². The number of nitrogens with one attached hydrogen (secondary N) is 2. The second-order valence-corrected chi connectivity index (χ2v) is 5.56. The number of rotatable bonds is 4. The molecule has 2 rings (SSSR count). The number of nitrogens with zero attached hydrogens (tertiary/aromatic N) is 1. The molecule has 108 valence electrons. The Kier molecular flexibility index (Phi) is 5.22. The molecule has 5 nitrogen and oxygen atoms in total. The van der Waals surface area contributed by atoms with Gasteiger partial charge in [0.1, 0.15) is 0 Å². The van der Waals surface area contributed by atoms with Crippen molar-refractivity contribution in [3.8, 4) is 0 Å². The molecule has 5 heteroatoms. The van der Waals surface area contributed by atoms with E-state index in [1.54, 1.807) is 0 Å². The Morgan fingerprint density at radius 3 is 2.53 bits per heavy atom. The van der Waals surface area contributed by atoms with E-state index in [0.29, 0.717) is 6.54 Å². The number of morpholine rings is 1. The summed E-state index contributed by atoms with van der Waals surface area (Å²) >= 11 is 0. The number of carbonyl (C=O) groups is 1. The van der Waals surface area contributed by atoms with Crippen molar-refractivity contribution in [2.75, 3.05) is 26.2 Å². The Balaban J connectivity index is 1.59. The Morgan fingerprint density at radius 2 is 1.89 bits per heavy atom. The largest absolute Gasteiger partial charge is 0.373 e. The lowest BCUT2D eigenvalue weighted by Crippen LogP contribution is -2.49. The van der Waals surface area contributed by atoms with E-state index in [0.717, 1.165) is 32.5 Å². The molecule has 1 aliphatic carbocycles. The maximum Gasteiger partial charge on any atom is 0.315 e. The topological polar surface area (TPSA) is 53.6 Å². The summed E-state index contributed by atoms with van der Waals surface area (Å²) in [5, 5.41) is 5.90. The van der Waals surface area contributed by atoms with Gasteiger partial charge in [-0.05, 0) is 26.7 Å². The Morgan fingerprint density at radius 1 is 1.26 bits per heavy atom. The standard InChI is InChI=1S/C14H25N3O2/c1-11-9-17(10-12(2)19-11)8-7-15-14(18)16-13-5-3-4-6-13/h3-4,11-13H,5-10H2,1-2H3,(H2,15,16,18)/t11-,12+. The monoisotopic (exact) mass is 267 g/mol. The van der Waals surface area contributed by atoms with E-state index >= 15 is 0 Å². The minimum atomic E-state index is -0.0527. The highest BCUT2D eigenvalue weighted by atomic mass is 16.5. The smallest absolute Gasteiger partial charge is 0.315 e. The summed E-state index contributed by atoms with van der Waals surface area (Å²) in [4.78, 5) is 14.0. The molecule has 1 heterocycles. The maximum atomic E-state index is 11.7. The van der Waals surface area contributed by atoms with Crippen LogP contribution in [0.25, 0.3) is 0 Å². The van der Waals surface area contributed by atoms with Gasteiger partial charge in [-0.3, -0.25) is 4.90 Å². The molecule has 19 heavy (non-hydrogen) atoms. The summed E-state index contributed by atoms with van der Waals surface area (Å²) in [5.41, 5.74) is 0. The van der Waals surface area contributed by atoms with Crippen LogP contribution in [-0.2, 0) is 4.74 Å². The van der Waals surface area contributed by atoms with Crippen LogP contribution in [0.15, 0.2) is 12.2 Å². The van der Waals surface area contributed by atoms with Crippen molar-refractivity contribution in [1.29, 1.82) is 0 Å². The Labute approximate surface area is 115 Å². The second-order valence-electron chi connectivity index (χ2n) is 5.56. The zero-order chi connectivity index (χ0) is 13.7. The molecule has 2 N–H and O–H groups in total. The highest BCUT2D eigenvalue weighted by Crippen LogP contribution is 2.10. The zero-order valence-corrected chi connectivity index (χ0v) is 11.9. The van der Waals surface area contributed by atoms with Crippen LogP contribution in [-0.4, -0.2) is 55.4 Å². The van der Waals surface area contributed by atoms with Gasteiger partial charge in [-0.1, -0.05) is 12.2 Å². The first kappa shape index (κ1) is 14.3. The third-order valence-electron chi connectivity index (χ3n) is 3.55. The molecule has 2 aliphatic rings. The second kappa shape index (κ2) is 6.91. The van der Waals surface area contributed by atoms with Crippen LogP contribution in [0.2, 0.25) is 0 Å². The fourth-order valence-corrected chi connectivity index (χ4v) is 2.77. The molecule has 0 bridgehead atoms. The zero-order valence-electron chi connectivity index (χ0n) is 11.9. The summed E-state index contributed by atoms with van der Waals surface area (Å²) in [6.45, 7) is 7.64. The number of carbonyl (C=O) groups excluding carboxylic acids is 1. The molecule has 0 aromatic rings. The molecule has 1 fully saturated rings. The van der Waals surface area contributed by atoms with Crippen molar-refractivity contribution in [2.24, 2.45) is 0 Å². The molecule has 1 aliphatic heterocycles. The van der Waals surface area contributed by atoms with Crippen molar-refractivity contribution in [3.63, 3.8) is 0 Å². The summed E-state index contributed by atoms with van der Waals surface area (Å²) in [5.74, 6) is 0. The van der Waals surface area contributed by atoms with Crippen molar-refractivity contribution >= 4 is 6.03 Å². The predicted octanol–water partition coefficient (Wildman–Crippen LogP) is 1.11. The highest BCUT2D eigenvalue weighted by molar-refractivity contribution is 5.74. The summed E-state index contributed by atoms with van der Waals surface area (Å²) in [7, 11) is 0. The van der Waals surface area contributed by atoms with Crippen LogP contribution < -0.4 is 10.6 Å². The molecular weight excluding hydrogens is 242 g/mol. The minimum absolute atomic E-state index is 0.0527. The molecule has 0 saturated carbocycles. The van der Waals surface area contributed by atoms with Gasteiger partial charge in [0, 0.05) is 32.2 Å². The molecule has 2 amide bonds. The van der Waals surface area contributed by atoms with Crippen LogP contribution in [0, 0.1) is 0 Å². The fourth-order valence-electron chi connectivity index (χ4n) is 2.77. The lowest BCUT2D eigenvalue weighted by molar-refractivity contribution is -0.0672. The molecule has 0 spiro atoms. The van der Waals surface area contributed by atoms with Gasteiger partial charge >= 0.3 is 6.03 Å². The lowest BCUT2D eigenvalue weighted by Gasteiger charge is -2.35. The third-order valence-corrected chi connectivity index (χ3v) is 3.55. The van der Waals surface area contributed by atoms with Gasteiger partial charge in [0.05, 0.1) is 12.2 Å². The van der Waals surface area contributed by atoms with Crippen molar-refractivity contribution in [3.05, 3.63) is 12.2 Å². The first-order valence-corrected chi connectivity index (χ1v) is 7.20. The number of ether oxygens (including phenoxy) is 1. The third kappa shape index (κ3) is 4.84. The number of amides is 2. The summed E-state index contributed by atoms with van der Waals surface area (Å²) in [6, 6.07) is 0.228. The number of hydrogen-bond acceptors (Lipinski definition) is 3. The molecule has 0 radical (unpaired) electrons. The van der Waals surface area contributed by atoms with Crippen molar-refractivity contribution < 1.29 is 9.53 Å². The van der Waals surface area contributed by atoms with Crippen LogP contribution in [0.1, 0.15) is 26.7 Å². The summed E-state index contributed by atoms with van der Waals surface area (Å²) < 4.78 is 5.68. The van der Waals surface area contributed by atoms with Gasteiger partial charge in [-0.15, -0.1) is 0 Å². The molecule has 0 aromatic heterocycles. The maximum absolute atomic E-state index is 11.7. The van der Waals surface area contributed by atoms with E-state index in [4.69, 9.17) is 4.74 Å². The van der Waals surface area contributed by atoms with Gasteiger partial charge in [-0.25, -0.2) is 4.79 Å². The Bertz CT molecular complexity index is 315. The van der Waals surface area contributed by atoms with E-state index in [-0.39, 0.29) is 24.3 Å². The van der Waals surface area contributed by atoms with Crippen molar-refractivity contribution in [2.45, 2.75) is 44.9 Å². The Hall–Kier alpha value is -1.07. The van der Waals surface area contributed by atoms with Gasteiger partial charge in [-0.2, -0.15) is 0 Å². The van der Waals surface area contributed by atoms with E-state index < -0.39 is 0 Å². The minimum Gasteiger partial charge on any atom is -0.373 e. The predicted molar refractivity (Wildman–Crippen MR) is 75.1 cm³/mol. The van der Waals surface area contributed by atoms with Crippen LogP contribution >= 0.6 is 0 Å². The SMILES string of the molecule is C[C@@H]1CN(CCNC(=O)NC2CC=CC2)C[C@H](C)O1. The van der Waals surface area contributed by atoms with Crippen molar-refractivity contribution in [1.82, 2.24) is 15.5 Å². The molecule has 1 saturated heterocycles. The van der Waals surface area contributed by atoms with Gasteiger partial charge in [0.2, 0.25) is 0 Å². The van der Waals surface area contributed by atoms with Gasteiger partial charge in [0.15, 0.2) is 0 Å². The first-order chi connectivity index (χ1) is 9.13. The van der Waals surface area contributed by atoms with Crippen LogP contribution in [0.5, 0.6) is 0 Å². The van der Waals surface area contributed by atoms with Crippen LogP contribution in [0.3, 0.4) is 0 Å². The van der Waals surface area contributed by atoms with E-state index in [2.05, 4.69) is 41.5 Å². The average Bonchev–Trinajstić information content (AvgIpc) is 2.80. The normalized spacial score (nSPS) is 28.5. The fraction of sp³-hybridized carbons (Fsp3) is 0.786. The van der Waals surface area contributed by atoms with Gasteiger partial charge < -0.3 is 15.4 Å². The number of hydrogen-bond donors (Lipinski definition) is 2. The molecular formula is C14H25N3O2. The highest BCUT2D eigenvalue weighted by Gasteiger charge is 2.21. The molecule has 2 atom stereocenters. The summed E-state index contributed by atoms with van der Waals surface area (Å²) in [6.07, 6.45) is 6.69. The van der Waals surface area contributed by atoms with E-state index in [1.807, 2.05) is 0 Å². The van der Waals surface area contributed by atoms with Gasteiger partial charge in [0.25, 0.3) is 0 Å². The average molecular weight is 267 g/mol. The number of urea groups is 1. The first-order valence-electron chi connectivity index (χ1n) is 7.20. The van der Waals surface area contributed by atoms with E-state index in [9.17, 15) is 4.79 Å².